The van der Waals surface area contributed by atoms with Gasteiger partial charge in [0.2, 0.25) is 5.91 Å². The van der Waals surface area contributed by atoms with E-state index in [1.807, 2.05) is 53.4 Å². The molecule has 1 aromatic heterocycles. The Labute approximate surface area is 135 Å². The molecule has 23 heavy (non-hydrogen) atoms. The van der Waals surface area contributed by atoms with Gasteiger partial charge in [-0.2, -0.15) is 0 Å². The molecule has 0 saturated carbocycles. The molecule has 1 aliphatic heterocycles. The third-order valence-corrected chi connectivity index (χ3v) is 4.06. The van der Waals surface area contributed by atoms with Gasteiger partial charge in [0.25, 0.3) is 0 Å². The molecule has 0 bridgehead atoms. The summed E-state index contributed by atoms with van der Waals surface area (Å²) in [6.07, 6.45) is 5.44. The first-order chi connectivity index (χ1) is 11.2. The molecule has 3 rings (SSSR count). The number of rotatable bonds is 3. The van der Waals surface area contributed by atoms with Crippen LogP contribution in [0.3, 0.4) is 0 Å². The van der Waals surface area contributed by atoms with E-state index in [0.29, 0.717) is 18.7 Å². The number of benzene rings is 1. The van der Waals surface area contributed by atoms with E-state index in [9.17, 15) is 9.59 Å². The second kappa shape index (κ2) is 6.56. The zero-order chi connectivity index (χ0) is 16.2. The number of carbonyl (C=O) groups excluding carboxylic acids is 2. The predicted octanol–water partition coefficient (Wildman–Crippen LogP) is 2.22. The van der Waals surface area contributed by atoms with E-state index in [2.05, 4.69) is 10.6 Å². The molecule has 0 spiro atoms. The van der Waals surface area contributed by atoms with E-state index in [0.717, 1.165) is 12.1 Å². The fourth-order valence-electron chi connectivity index (χ4n) is 2.90. The average molecular weight is 312 g/mol. The van der Waals surface area contributed by atoms with Crippen molar-refractivity contribution in [2.45, 2.75) is 18.9 Å². The van der Waals surface area contributed by atoms with Crippen LogP contribution in [-0.4, -0.2) is 41.0 Å². The Morgan fingerprint density at radius 1 is 1.17 bits per heavy atom. The summed E-state index contributed by atoms with van der Waals surface area (Å²) in [7, 11) is 1.59. The van der Waals surface area contributed by atoms with Gasteiger partial charge in [-0.15, -0.1) is 0 Å². The summed E-state index contributed by atoms with van der Waals surface area (Å²) in [6, 6.07) is 10.9. The van der Waals surface area contributed by atoms with Gasteiger partial charge in [0.05, 0.1) is 0 Å². The van der Waals surface area contributed by atoms with Crippen LogP contribution in [-0.2, 0) is 4.79 Å². The van der Waals surface area contributed by atoms with Crippen LogP contribution in [0.4, 0.5) is 10.5 Å². The highest BCUT2D eigenvalue weighted by molar-refractivity contribution is 5.94. The maximum atomic E-state index is 12.5. The number of urea groups is 1. The number of nitrogens with zero attached hydrogens (tertiary/aromatic N) is 2. The lowest BCUT2D eigenvalue weighted by Crippen LogP contribution is -2.46. The molecule has 3 amide bonds. The number of nitrogens with one attached hydrogen (secondary N) is 2. The van der Waals surface area contributed by atoms with Gasteiger partial charge in [-0.25, -0.2) is 4.79 Å². The standard InChI is InChI=1S/C17H20N4O2/c1-18-16(22)15-8-5-11-21(15)17(23)19-13-6-4-7-14(12-13)20-9-2-3-10-20/h2-4,6-7,9-10,12,15H,5,8,11H2,1H3,(H,18,22)(H,19,23). The highest BCUT2D eigenvalue weighted by Gasteiger charge is 2.33. The Bertz CT molecular complexity index is 696. The molecule has 1 fully saturated rings. The number of likely N-dealkylation sites (N-methyl/N-ethyl adjacent to an activating group) is 1. The number of carbonyl (C=O) groups is 2. The van der Waals surface area contributed by atoms with Crippen LogP contribution < -0.4 is 10.6 Å². The lowest BCUT2D eigenvalue weighted by Gasteiger charge is -2.23. The first kappa shape index (κ1) is 15.1. The van der Waals surface area contributed by atoms with Crippen molar-refractivity contribution in [2.24, 2.45) is 0 Å². The summed E-state index contributed by atoms with van der Waals surface area (Å²) in [5, 5.41) is 5.51. The molecule has 6 nitrogen and oxygen atoms in total. The van der Waals surface area contributed by atoms with Gasteiger partial charge in [-0.05, 0) is 43.2 Å². The maximum Gasteiger partial charge on any atom is 0.322 e. The van der Waals surface area contributed by atoms with Gasteiger partial charge in [0.15, 0.2) is 0 Å². The zero-order valence-corrected chi connectivity index (χ0v) is 13.0. The van der Waals surface area contributed by atoms with E-state index in [1.54, 1.807) is 11.9 Å². The molecule has 120 valence electrons. The van der Waals surface area contributed by atoms with Crippen LogP contribution in [0.5, 0.6) is 0 Å². The molecule has 1 aliphatic rings. The van der Waals surface area contributed by atoms with E-state index >= 15 is 0 Å². The van der Waals surface area contributed by atoms with E-state index in [1.165, 1.54) is 0 Å². The van der Waals surface area contributed by atoms with Gasteiger partial charge in [-0.3, -0.25) is 4.79 Å². The molecule has 0 aliphatic carbocycles. The highest BCUT2D eigenvalue weighted by atomic mass is 16.2. The number of anilines is 1. The van der Waals surface area contributed by atoms with Crippen molar-refractivity contribution in [3.8, 4) is 5.69 Å². The molecular weight excluding hydrogens is 292 g/mol. The molecule has 6 heteroatoms. The summed E-state index contributed by atoms with van der Waals surface area (Å²) in [6.45, 7) is 0.598. The van der Waals surface area contributed by atoms with Gasteiger partial charge in [0, 0.05) is 37.4 Å². The minimum Gasteiger partial charge on any atom is -0.357 e. The third kappa shape index (κ3) is 3.21. The number of hydrogen-bond acceptors (Lipinski definition) is 2. The highest BCUT2D eigenvalue weighted by Crippen LogP contribution is 2.20. The van der Waals surface area contributed by atoms with Crippen LogP contribution >= 0.6 is 0 Å². The smallest absolute Gasteiger partial charge is 0.322 e. The molecular formula is C17H20N4O2. The summed E-state index contributed by atoms with van der Waals surface area (Å²) < 4.78 is 1.97. The van der Waals surface area contributed by atoms with Crippen molar-refractivity contribution < 1.29 is 9.59 Å². The molecule has 2 N–H and O–H groups in total. The van der Waals surface area contributed by atoms with Crippen LogP contribution in [0, 0.1) is 0 Å². The largest absolute Gasteiger partial charge is 0.357 e. The molecule has 1 aromatic carbocycles. The van der Waals surface area contributed by atoms with Crippen molar-refractivity contribution >= 4 is 17.6 Å². The monoisotopic (exact) mass is 312 g/mol. The van der Waals surface area contributed by atoms with Crippen molar-refractivity contribution in [2.75, 3.05) is 18.9 Å². The maximum absolute atomic E-state index is 12.5. The minimum absolute atomic E-state index is 0.112. The Morgan fingerprint density at radius 2 is 1.96 bits per heavy atom. The van der Waals surface area contributed by atoms with Gasteiger partial charge >= 0.3 is 6.03 Å². The lowest BCUT2D eigenvalue weighted by atomic mass is 10.2. The quantitative estimate of drug-likeness (QED) is 0.912. The Hall–Kier alpha value is -2.76. The predicted molar refractivity (Wildman–Crippen MR) is 88.6 cm³/mol. The number of aromatic nitrogens is 1. The van der Waals surface area contributed by atoms with Crippen LogP contribution in [0.2, 0.25) is 0 Å². The number of hydrogen-bond donors (Lipinski definition) is 2. The number of likely N-dealkylation sites (tertiary alicyclic amines) is 1. The summed E-state index contributed by atoms with van der Waals surface area (Å²) in [5.74, 6) is -0.112. The number of amides is 3. The average Bonchev–Trinajstić information content (AvgIpc) is 3.25. The van der Waals surface area contributed by atoms with Crippen LogP contribution in [0.15, 0.2) is 48.8 Å². The lowest BCUT2D eigenvalue weighted by molar-refractivity contribution is -0.124. The van der Waals surface area contributed by atoms with Crippen molar-refractivity contribution in [1.29, 1.82) is 0 Å². The fraction of sp³-hybridized carbons (Fsp3) is 0.294. The van der Waals surface area contributed by atoms with Gasteiger partial charge < -0.3 is 20.1 Å². The van der Waals surface area contributed by atoms with E-state index in [-0.39, 0.29) is 18.0 Å². The van der Waals surface area contributed by atoms with E-state index in [4.69, 9.17) is 0 Å². The normalized spacial score (nSPS) is 17.1. The first-order valence-corrected chi connectivity index (χ1v) is 7.71. The fourth-order valence-corrected chi connectivity index (χ4v) is 2.90. The second-order valence-corrected chi connectivity index (χ2v) is 5.54. The Kier molecular flexibility index (Phi) is 4.32. The second-order valence-electron chi connectivity index (χ2n) is 5.54. The Morgan fingerprint density at radius 3 is 2.70 bits per heavy atom. The van der Waals surface area contributed by atoms with Crippen molar-refractivity contribution in [3.05, 3.63) is 48.8 Å². The summed E-state index contributed by atoms with van der Waals surface area (Å²) in [5.41, 5.74) is 1.68. The topological polar surface area (TPSA) is 66.4 Å². The van der Waals surface area contributed by atoms with Crippen LogP contribution in [0.1, 0.15) is 12.8 Å². The molecule has 1 unspecified atom stereocenters. The van der Waals surface area contributed by atoms with E-state index < -0.39 is 0 Å². The van der Waals surface area contributed by atoms with Crippen LogP contribution in [0.25, 0.3) is 5.69 Å². The minimum atomic E-state index is -0.382. The summed E-state index contributed by atoms with van der Waals surface area (Å²) >= 11 is 0. The van der Waals surface area contributed by atoms with Gasteiger partial charge in [0.1, 0.15) is 6.04 Å². The third-order valence-electron chi connectivity index (χ3n) is 4.06. The molecule has 2 aromatic rings. The van der Waals surface area contributed by atoms with Gasteiger partial charge in [-0.1, -0.05) is 6.07 Å². The molecule has 2 heterocycles. The summed E-state index contributed by atoms with van der Waals surface area (Å²) in [4.78, 5) is 25.9. The SMILES string of the molecule is CNC(=O)C1CCCN1C(=O)Nc1cccc(-n2cccc2)c1. The molecule has 1 atom stereocenters. The first-order valence-electron chi connectivity index (χ1n) is 7.71. The molecule has 1 saturated heterocycles. The van der Waals surface area contributed by atoms with Crippen molar-refractivity contribution in [1.82, 2.24) is 14.8 Å². The Balaban J connectivity index is 1.73. The zero-order valence-electron chi connectivity index (χ0n) is 13.0. The van der Waals surface area contributed by atoms with Crippen molar-refractivity contribution in [3.63, 3.8) is 0 Å². The molecule has 0 radical (unpaired) electrons.